The standard InChI is InChI=1S/C40H57N3O7/c1-7-10-21-32(45)41(6)27(5)35(28-17-13-11-14-18-28)49-39(48)33-31-22-23-40(50-31)34(33)37(46)43(30(25-44)26(4)9-3)36(40)38(47)42(24-8-2)29-19-15-12-16-20-29/h7-8,11,13-14,17-18,26-27,29-31,33-36,44H,1-2,9-10,12,15-16,19-25H2,3-6H3/t26-,27+,30-,31-,33+,34+,35-,36-,40+/m0/s1. The minimum atomic E-state index is -1.22. The summed E-state index contributed by atoms with van der Waals surface area (Å²) in [4.78, 5) is 62.4. The summed E-state index contributed by atoms with van der Waals surface area (Å²) in [5.74, 6) is -3.17. The van der Waals surface area contributed by atoms with Gasteiger partial charge in [-0.1, -0.05) is 82.0 Å². The van der Waals surface area contributed by atoms with Crippen LogP contribution in [0.3, 0.4) is 0 Å². The monoisotopic (exact) mass is 691 g/mol. The third-order valence-corrected chi connectivity index (χ3v) is 12.1. The second kappa shape index (κ2) is 16.2. The van der Waals surface area contributed by atoms with E-state index in [0.717, 1.165) is 37.7 Å². The van der Waals surface area contributed by atoms with Gasteiger partial charge < -0.3 is 29.3 Å². The largest absolute Gasteiger partial charge is 0.455 e. The minimum Gasteiger partial charge on any atom is -0.455 e. The number of ether oxygens (including phenoxy) is 2. The van der Waals surface area contributed by atoms with Crippen LogP contribution in [0.25, 0.3) is 0 Å². The Balaban J connectivity index is 1.51. The summed E-state index contributed by atoms with van der Waals surface area (Å²) in [5, 5.41) is 10.8. The smallest absolute Gasteiger partial charge is 0.313 e. The van der Waals surface area contributed by atoms with Crippen molar-refractivity contribution in [2.75, 3.05) is 20.2 Å². The van der Waals surface area contributed by atoms with Crippen LogP contribution in [-0.2, 0) is 28.7 Å². The van der Waals surface area contributed by atoms with Gasteiger partial charge >= 0.3 is 5.97 Å². The van der Waals surface area contributed by atoms with E-state index in [-0.39, 0.29) is 42.7 Å². The van der Waals surface area contributed by atoms with E-state index in [0.29, 0.717) is 32.2 Å². The van der Waals surface area contributed by atoms with Crippen molar-refractivity contribution in [1.29, 1.82) is 0 Å². The molecule has 274 valence electrons. The Morgan fingerprint density at radius 3 is 2.42 bits per heavy atom. The van der Waals surface area contributed by atoms with Gasteiger partial charge in [-0.3, -0.25) is 19.2 Å². The molecule has 5 rings (SSSR count). The first-order valence-electron chi connectivity index (χ1n) is 18.7. The Labute approximate surface area is 297 Å². The molecule has 10 heteroatoms. The van der Waals surface area contributed by atoms with Gasteiger partial charge in [0.2, 0.25) is 17.7 Å². The molecule has 4 aliphatic rings. The summed E-state index contributed by atoms with van der Waals surface area (Å²) >= 11 is 0. The van der Waals surface area contributed by atoms with Crippen molar-refractivity contribution in [2.45, 2.75) is 127 Å². The van der Waals surface area contributed by atoms with Crippen molar-refractivity contribution < 1.29 is 33.8 Å². The van der Waals surface area contributed by atoms with Gasteiger partial charge in [-0.15, -0.1) is 13.2 Å². The fourth-order valence-corrected chi connectivity index (χ4v) is 9.04. The topological polar surface area (TPSA) is 117 Å². The quantitative estimate of drug-likeness (QED) is 0.187. The van der Waals surface area contributed by atoms with Crippen molar-refractivity contribution in [3.63, 3.8) is 0 Å². The molecule has 3 amide bonds. The SMILES string of the molecule is C=CCCC(=O)N(C)[C@H](C)[C@H](OC(=O)[C@@H]1[C@@H]2CC[C@]3(O2)[C@H](C(=O)N(CC=C)C2CCCCC2)N([C@@H](CO)[C@@H](C)CC)C(=O)[C@@H]13)c1ccccc1. The number of carbonyl (C=O) groups excluding carboxylic acids is 4. The lowest BCUT2D eigenvalue weighted by molar-refractivity contribution is -0.165. The van der Waals surface area contributed by atoms with Gasteiger partial charge in [-0.2, -0.15) is 0 Å². The Hall–Kier alpha value is -3.50. The lowest BCUT2D eigenvalue weighted by Crippen LogP contribution is -2.61. The number of hydrogen-bond donors (Lipinski definition) is 1. The fourth-order valence-electron chi connectivity index (χ4n) is 9.04. The van der Waals surface area contributed by atoms with E-state index in [1.165, 1.54) is 0 Å². The molecular formula is C40H57N3O7. The molecule has 9 atom stereocenters. The summed E-state index contributed by atoms with van der Waals surface area (Å²) in [5.41, 5.74) is -0.490. The van der Waals surface area contributed by atoms with Crippen LogP contribution in [0.4, 0.5) is 0 Å². The maximum Gasteiger partial charge on any atom is 0.313 e. The van der Waals surface area contributed by atoms with Crippen LogP contribution in [0.5, 0.6) is 0 Å². The van der Waals surface area contributed by atoms with Crippen LogP contribution in [-0.4, -0.2) is 99.6 Å². The Morgan fingerprint density at radius 2 is 1.80 bits per heavy atom. The maximum atomic E-state index is 15.0. The molecule has 1 aliphatic carbocycles. The van der Waals surface area contributed by atoms with E-state index in [2.05, 4.69) is 13.2 Å². The third kappa shape index (κ3) is 6.90. The number of esters is 1. The summed E-state index contributed by atoms with van der Waals surface area (Å²) in [6.07, 6.45) is 9.46. The van der Waals surface area contributed by atoms with Gasteiger partial charge in [0.25, 0.3) is 0 Å². The zero-order valence-electron chi connectivity index (χ0n) is 30.4. The number of nitrogens with zero attached hydrogens (tertiary/aromatic N) is 3. The minimum absolute atomic E-state index is 0.0245. The van der Waals surface area contributed by atoms with Crippen molar-refractivity contribution in [1.82, 2.24) is 14.7 Å². The predicted octanol–water partition coefficient (Wildman–Crippen LogP) is 5.21. The van der Waals surface area contributed by atoms with E-state index in [1.54, 1.807) is 29.0 Å². The molecule has 1 spiro atoms. The number of aliphatic hydroxyl groups excluding tert-OH is 1. The van der Waals surface area contributed by atoms with E-state index in [9.17, 15) is 24.3 Å². The Bertz CT molecular complexity index is 1400. The zero-order chi connectivity index (χ0) is 36.2. The maximum absolute atomic E-state index is 15.0. The van der Waals surface area contributed by atoms with Crippen LogP contribution < -0.4 is 0 Å². The second-order valence-corrected chi connectivity index (χ2v) is 14.8. The average Bonchev–Trinajstić information content (AvgIpc) is 3.79. The van der Waals surface area contributed by atoms with Crippen molar-refractivity contribution in [3.05, 3.63) is 61.2 Å². The molecule has 0 unspecified atom stereocenters. The molecule has 1 aromatic rings. The molecule has 0 radical (unpaired) electrons. The molecule has 3 heterocycles. The average molecular weight is 692 g/mol. The number of carbonyl (C=O) groups is 4. The lowest BCUT2D eigenvalue weighted by Gasteiger charge is -2.43. The van der Waals surface area contributed by atoms with Crippen molar-refractivity contribution in [2.24, 2.45) is 17.8 Å². The molecule has 1 aromatic carbocycles. The highest BCUT2D eigenvalue weighted by atomic mass is 16.6. The highest BCUT2D eigenvalue weighted by Gasteiger charge is 2.76. The van der Waals surface area contributed by atoms with Gasteiger partial charge in [0.15, 0.2) is 0 Å². The van der Waals surface area contributed by atoms with E-state index in [1.807, 2.05) is 56.0 Å². The van der Waals surface area contributed by atoms with Crippen LogP contribution in [0, 0.1) is 17.8 Å². The van der Waals surface area contributed by atoms with E-state index in [4.69, 9.17) is 9.47 Å². The van der Waals surface area contributed by atoms with Crippen molar-refractivity contribution in [3.8, 4) is 0 Å². The van der Waals surface area contributed by atoms with Gasteiger partial charge in [0.05, 0.1) is 36.6 Å². The first kappa shape index (κ1) is 37.7. The first-order chi connectivity index (χ1) is 24.1. The number of hydrogen-bond acceptors (Lipinski definition) is 7. The molecule has 50 heavy (non-hydrogen) atoms. The summed E-state index contributed by atoms with van der Waals surface area (Å²) in [7, 11) is 1.70. The summed E-state index contributed by atoms with van der Waals surface area (Å²) in [6.45, 7) is 13.5. The number of rotatable bonds is 16. The van der Waals surface area contributed by atoms with Gasteiger partial charge in [0, 0.05) is 26.1 Å². The molecule has 1 N–H and O–H groups in total. The number of allylic oxidation sites excluding steroid dienone is 1. The zero-order valence-corrected chi connectivity index (χ0v) is 30.4. The molecule has 3 aliphatic heterocycles. The predicted molar refractivity (Wildman–Crippen MR) is 191 cm³/mol. The number of amides is 3. The lowest BCUT2D eigenvalue weighted by atomic mass is 9.70. The number of likely N-dealkylation sites (tertiary alicyclic amines) is 1. The van der Waals surface area contributed by atoms with Gasteiger partial charge in [-0.05, 0) is 50.5 Å². The molecule has 4 fully saturated rings. The number of likely N-dealkylation sites (N-methyl/N-ethyl adjacent to an activating group) is 1. The number of aliphatic hydroxyl groups is 1. The number of fused-ring (bicyclic) bond motifs is 1. The normalized spacial score (nSPS) is 28.3. The van der Waals surface area contributed by atoms with Crippen LogP contribution in [0.2, 0.25) is 0 Å². The van der Waals surface area contributed by atoms with Gasteiger partial charge in [-0.25, -0.2) is 0 Å². The van der Waals surface area contributed by atoms with Crippen LogP contribution >= 0.6 is 0 Å². The van der Waals surface area contributed by atoms with E-state index >= 15 is 0 Å². The molecule has 3 saturated heterocycles. The Morgan fingerprint density at radius 1 is 1.10 bits per heavy atom. The third-order valence-electron chi connectivity index (χ3n) is 12.1. The molecule has 0 aromatic heterocycles. The number of benzene rings is 1. The molecule has 10 nitrogen and oxygen atoms in total. The molecule has 2 bridgehead atoms. The van der Waals surface area contributed by atoms with Crippen LogP contribution in [0.1, 0.15) is 96.6 Å². The summed E-state index contributed by atoms with van der Waals surface area (Å²) < 4.78 is 13.1. The van der Waals surface area contributed by atoms with Crippen molar-refractivity contribution >= 4 is 23.7 Å². The Kier molecular flexibility index (Phi) is 12.3. The second-order valence-electron chi connectivity index (χ2n) is 14.8. The van der Waals surface area contributed by atoms with Crippen LogP contribution in [0.15, 0.2) is 55.6 Å². The first-order valence-corrected chi connectivity index (χ1v) is 18.7. The highest BCUT2D eigenvalue weighted by Crippen LogP contribution is 2.60. The fraction of sp³-hybridized carbons (Fsp3) is 0.650. The molecule has 1 saturated carbocycles. The summed E-state index contributed by atoms with van der Waals surface area (Å²) in [6, 6.07) is 7.24. The highest BCUT2D eigenvalue weighted by molar-refractivity contribution is 5.98. The van der Waals surface area contributed by atoms with E-state index < -0.39 is 53.7 Å². The van der Waals surface area contributed by atoms with Gasteiger partial charge in [0.1, 0.15) is 17.7 Å². The molecular weight excluding hydrogens is 634 g/mol.